The normalized spacial score (nSPS) is 10.9. The fourth-order valence-corrected chi connectivity index (χ4v) is 1.97. The Morgan fingerprint density at radius 3 is 1.55 bits per heavy atom. The Hall–Kier alpha value is -0.0600. The Morgan fingerprint density at radius 1 is 0.700 bits per heavy atom. The lowest BCUT2D eigenvalue weighted by atomic mass is 10.2. The largest absolute Gasteiger partial charge is 0.702 e. The van der Waals surface area contributed by atoms with Gasteiger partial charge in [-0.05, 0) is 12.8 Å². The molecule has 0 heterocycles. The topological polar surface area (TPSA) is 54.0 Å². The van der Waals surface area contributed by atoms with E-state index in [0.717, 1.165) is 25.7 Å². The van der Waals surface area contributed by atoms with Crippen LogP contribution in [0.15, 0.2) is 0 Å². The van der Waals surface area contributed by atoms with Gasteiger partial charge in [0.2, 0.25) is 13.6 Å². The van der Waals surface area contributed by atoms with Crippen LogP contribution in [-0.2, 0) is 23.1 Å². The highest BCUT2D eigenvalue weighted by Gasteiger charge is 2.19. The average molecular weight is 309 g/mol. The molecule has 0 aromatic heterocycles. The maximum absolute atomic E-state index is 11.3. The maximum Gasteiger partial charge on any atom is 0.702 e. The SMILES string of the molecule is CCCCCCOCO[P+](=O)OCOCCCCCC. The molecule has 0 fully saturated rings. The molecule has 0 amide bonds. The summed E-state index contributed by atoms with van der Waals surface area (Å²) in [5.74, 6) is 0. The molecule has 6 heteroatoms. The maximum atomic E-state index is 11.3. The molecule has 0 spiro atoms. The number of hydrogen-bond acceptors (Lipinski definition) is 5. The lowest BCUT2D eigenvalue weighted by Gasteiger charge is -2.00. The predicted octanol–water partition coefficient (Wildman–Crippen LogP) is 4.79. The average Bonchev–Trinajstić information content (AvgIpc) is 2.45. The van der Waals surface area contributed by atoms with Crippen LogP contribution in [0.3, 0.4) is 0 Å². The standard InChI is InChI=1S/C14H30O5P/c1-3-5-7-9-11-16-13-18-20(15)19-14-17-12-10-8-6-4-2/h3-14H2,1-2H3/q+1. The van der Waals surface area contributed by atoms with E-state index in [1.54, 1.807) is 0 Å². The zero-order valence-corrected chi connectivity index (χ0v) is 13.9. The zero-order valence-electron chi connectivity index (χ0n) is 13.0. The first-order valence-electron chi connectivity index (χ1n) is 7.69. The Kier molecular flexibility index (Phi) is 16.9. The van der Waals surface area contributed by atoms with E-state index >= 15 is 0 Å². The summed E-state index contributed by atoms with van der Waals surface area (Å²) in [4.78, 5) is 0. The molecular weight excluding hydrogens is 279 g/mol. The minimum Gasteiger partial charge on any atom is -0.351 e. The van der Waals surface area contributed by atoms with Gasteiger partial charge in [-0.25, -0.2) is 0 Å². The van der Waals surface area contributed by atoms with E-state index in [1.165, 1.54) is 25.7 Å². The molecule has 0 saturated carbocycles. The first-order chi connectivity index (χ1) is 9.81. The van der Waals surface area contributed by atoms with Crippen LogP contribution in [0.4, 0.5) is 0 Å². The molecular formula is C14H30O5P+. The molecule has 5 nitrogen and oxygen atoms in total. The predicted molar refractivity (Wildman–Crippen MR) is 79.7 cm³/mol. The van der Waals surface area contributed by atoms with Gasteiger partial charge in [0.05, 0.1) is 0 Å². The highest BCUT2D eigenvalue weighted by molar-refractivity contribution is 7.33. The Labute approximate surface area is 124 Å². The molecule has 20 heavy (non-hydrogen) atoms. The molecule has 0 rings (SSSR count). The highest BCUT2D eigenvalue weighted by Crippen LogP contribution is 2.23. The summed E-state index contributed by atoms with van der Waals surface area (Å²) in [5.41, 5.74) is 0. The van der Waals surface area contributed by atoms with E-state index in [0.29, 0.717) is 13.2 Å². The summed E-state index contributed by atoms with van der Waals surface area (Å²) in [6.07, 6.45) is 9.18. The third-order valence-corrected chi connectivity index (χ3v) is 3.40. The van der Waals surface area contributed by atoms with Gasteiger partial charge >= 0.3 is 8.25 Å². The van der Waals surface area contributed by atoms with Gasteiger partial charge in [-0.15, -0.1) is 0 Å². The van der Waals surface area contributed by atoms with E-state index in [9.17, 15) is 4.57 Å². The van der Waals surface area contributed by atoms with Crippen molar-refractivity contribution in [1.82, 2.24) is 0 Å². The number of rotatable bonds is 16. The minimum atomic E-state index is -2.14. The van der Waals surface area contributed by atoms with E-state index in [-0.39, 0.29) is 13.6 Å². The first-order valence-corrected chi connectivity index (χ1v) is 8.79. The van der Waals surface area contributed by atoms with Gasteiger partial charge in [0.25, 0.3) is 0 Å². The molecule has 0 N–H and O–H groups in total. The van der Waals surface area contributed by atoms with Crippen molar-refractivity contribution in [3.8, 4) is 0 Å². The molecule has 0 aliphatic rings. The highest BCUT2D eigenvalue weighted by atomic mass is 31.1. The first kappa shape index (κ1) is 19.9. The van der Waals surface area contributed by atoms with Crippen molar-refractivity contribution in [2.75, 3.05) is 26.8 Å². The Morgan fingerprint density at radius 2 is 1.15 bits per heavy atom. The van der Waals surface area contributed by atoms with Gasteiger partial charge in [0.1, 0.15) is 0 Å². The molecule has 0 aromatic carbocycles. The van der Waals surface area contributed by atoms with Crippen LogP contribution in [0.25, 0.3) is 0 Å². The van der Waals surface area contributed by atoms with Gasteiger partial charge in [-0.2, -0.15) is 0 Å². The molecule has 0 saturated heterocycles. The third kappa shape index (κ3) is 16.0. The number of ether oxygens (including phenoxy) is 2. The summed E-state index contributed by atoms with van der Waals surface area (Å²) in [6.45, 7) is 5.62. The fourth-order valence-electron chi connectivity index (χ4n) is 1.58. The monoisotopic (exact) mass is 309 g/mol. The van der Waals surface area contributed by atoms with E-state index < -0.39 is 8.25 Å². The number of unbranched alkanes of at least 4 members (excludes halogenated alkanes) is 6. The van der Waals surface area contributed by atoms with E-state index in [4.69, 9.17) is 18.5 Å². The lowest BCUT2D eigenvalue weighted by molar-refractivity contribution is -0.0192. The van der Waals surface area contributed by atoms with Crippen LogP contribution < -0.4 is 0 Å². The summed E-state index contributed by atoms with van der Waals surface area (Å²) in [5, 5.41) is 0. The van der Waals surface area contributed by atoms with E-state index in [1.807, 2.05) is 0 Å². The molecule has 0 aromatic rings. The Balaban J connectivity index is 3.13. The van der Waals surface area contributed by atoms with Gasteiger partial charge in [0, 0.05) is 17.8 Å². The van der Waals surface area contributed by atoms with Gasteiger partial charge in [0.15, 0.2) is 0 Å². The van der Waals surface area contributed by atoms with Crippen molar-refractivity contribution >= 4 is 8.25 Å². The quantitative estimate of drug-likeness (QED) is 0.233. The van der Waals surface area contributed by atoms with Crippen LogP contribution in [0, 0.1) is 0 Å². The van der Waals surface area contributed by atoms with Crippen molar-refractivity contribution in [3.63, 3.8) is 0 Å². The van der Waals surface area contributed by atoms with E-state index in [2.05, 4.69) is 13.8 Å². The van der Waals surface area contributed by atoms with Gasteiger partial charge in [-0.3, -0.25) is 0 Å². The summed E-state index contributed by atoms with van der Waals surface area (Å²) >= 11 is 0. The van der Waals surface area contributed by atoms with Crippen LogP contribution in [-0.4, -0.2) is 26.8 Å². The van der Waals surface area contributed by atoms with Crippen molar-refractivity contribution in [2.24, 2.45) is 0 Å². The smallest absolute Gasteiger partial charge is 0.351 e. The molecule has 0 radical (unpaired) electrons. The summed E-state index contributed by atoms with van der Waals surface area (Å²) in [6, 6.07) is 0. The van der Waals surface area contributed by atoms with Crippen molar-refractivity contribution in [3.05, 3.63) is 0 Å². The molecule has 0 aliphatic heterocycles. The number of hydrogen-bond donors (Lipinski definition) is 0. The Bertz CT molecular complexity index is 194. The van der Waals surface area contributed by atoms with Crippen LogP contribution in [0.2, 0.25) is 0 Å². The van der Waals surface area contributed by atoms with Crippen LogP contribution >= 0.6 is 8.25 Å². The summed E-state index contributed by atoms with van der Waals surface area (Å²) < 4.78 is 31.4. The molecule has 0 atom stereocenters. The molecule has 0 aliphatic carbocycles. The third-order valence-electron chi connectivity index (χ3n) is 2.77. The zero-order chi connectivity index (χ0) is 14.9. The van der Waals surface area contributed by atoms with Crippen LogP contribution in [0.1, 0.15) is 65.2 Å². The lowest BCUT2D eigenvalue weighted by Crippen LogP contribution is -2.01. The van der Waals surface area contributed by atoms with Gasteiger partial charge in [-0.1, -0.05) is 61.4 Å². The molecule has 0 bridgehead atoms. The summed E-state index contributed by atoms with van der Waals surface area (Å²) in [7, 11) is -2.14. The van der Waals surface area contributed by atoms with Gasteiger partial charge < -0.3 is 9.47 Å². The molecule has 0 unspecified atom stereocenters. The van der Waals surface area contributed by atoms with Crippen molar-refractivity contribution in [1.29, 1.82) is 0 Å². The fraction of sp³-hybridized carbons (Fsp3) is 1.00. The second kappa shape index (κ2) is 17.0. The molecule has 120 valence electrons. The van der Waals surface area contributed by atoms with Crippen molar-refractivity contribution < 1.29 is 23.1 Å². The minimum absolute atomic E-state index is 0.0117. The van der Waals surface area contributed by atoms with Crippen molar-refractivity contribution in [2.45, 2.75) is 65.2 Å². The second-order valence-electron chi connectivity index (χ2n) is 4.66. The van der Waals surface area contributed by atoms with Crippen LogP contribution in [0.5, 0.6) is 0 Å². The second-order valence-corrected chi connectivity index (χ2v) is 5.62.